The Morgan fingerprint density at radius 1 is 0.968 bits per heavy atom. The average Bonchev–Trinajstić information content (AvgIpc) is 3.17. The summed E-state index contributed by atoms with van der Waals surface area (Å²) in [5, 5.41) is 3.37. The molecule has 3 aromatic carbocycles. The first-order chi connectivity index (χ1) is 15.1. The average molecular weight is 417 g/mol. The molecule has 4 aromatic rings. The van der Waals surface area contributed by atoms with Gasteiger partial charge in [0.25, 0.3) is 5.91 Å². The van der Waals surface area contributed by atoms with Crippen LogP contribution in [-0.4, -0.2) is 17.8 Å². The van der Waals surface area contributed by atoms with Crippen LogP contribution >= 0.6 is 0 Å². The Balaban J connectivity index is 1.67. The van der Waals surface area contributed by atoms with Crippen molar-refractivity contribution in [3.63, 3.8) is 0 Å². The van der Waals surface area contributed by atoms with Crippen LogP contribution in [0.25, 0.3) is 11.0 Å². The molecule has 6 heteroatoms. The third kappa shape index (κ3) is 4.19. The number of ether oxygens (including phenoxy) is 1. The minimum Gasteiger partial charge on any atom is -0.478 e. The Bertz CT molecular complexity index is 1230. The van der Waals surface area contributed by atoms with Crippen molar-refractivity contribution in [2.45, 2.75) is 19.4 Å². The quantitative estimate of drug-likeness (QED) is 0.398. The van der Waals surface area contributed by atoms with E-state index in [0.29, 0.717) is 23.0 Å². The summed E-state index contributed by atoms with van der Waals surface area (Å²) in [5.41, 5.74) is 1.18. The molecule has 0 fully saturated rings. The Morgan fingerprint density at radius 2 is 1.65 bits per heavy atom. The maximum atomic E-state index is 14.0. The number of ketones is 1. The number of hydrogen-bond donors (Lipinski definition) is 1. The van der Waals surface area contributed by atoms with E-state index in [-0.39, 0.29) is 23.0 Å². The zero-order valence-electron chi connectivity index (χ0n) is 16.8. The lowest BCUT2D eigenvalue weighted by atomic mass is 10.1. The van der Waals surface area contributed by atoms with Gasteiger partial charge in [-0.05, 0) is 30.7 Å². The SMILES string of the molecule is CC[C@H](Oc1ccccc1F)C(=O)Nc1c(C(=O)c2ccccc2)oc2ccccc12. The molecule has 1 atom stereocenters. The number of rotatable bonds is 7. The Kier molecular flexibility index (Phi) is 5.80. The summed E-state index contributed by atoms with van der Waals surface area (Å²) in [6.45, 7) is 1.76. The predicted octanol–water partition coefficient (Wildman–Crippen LogP) is 5.60. The number of furan rings is 1. The number of amides is 1. The van der Waals surface area contributed by atoms with Gasteiger partial charge in [-0.1, -0.05) is 61.5 Å². The molecule has 1 N–H and O–H groups in total. The number of halogens is 1. The lowest BCUT2D eigenvalue weighted by Crippen LogP contribution is -2.33. The van der Waals surface area contributed by atoms with E-state index < -0.39 is 17.8 Å². The number of carbonyl (C=O) groups excluding carboxylic acids is 2. The fourth-order valence-corrected chi connectivity index (χ4v) is 3.27. The van der Waals surface area contributed by atoms with E-state index in [0.717, 1.165) is 0 Å². The van der Waals surface area contributed by atoms with Gasteiger partial charge in [0.2, 0.25) is 5.78 Å². The van der Waals surface area contributed by atoms with Gasteiger partial charge in [-0.3, -0.25) is 9.59 Å². The monoisotopic (exact) mass is 417 g/mol. The maximum absolute atomic E-state index is 14.0. The Labute approximate surface area is 178 Å². The van der Waals surface area contributed by atoms with Crippen molar-refractivity contribution in [2.24, 2.45) is 0 Å². The Morgan fingerprint density at radius 3 is 2.39 bits per heavy atom. The number of nitrogens with one attached hydrogen (secondary N) is 1. The van der Waals surface area contributed by atoms with Gasteiger partial charge in [0, 0.05) is 10.9 Å². The molecule has 0 unspecified atom stereocenters. The van der Waals surface area contributed by atoms with Crippen LogP contribution in [0.1, 0.15) is 29.5 Å². The molecule has 0 saturated heterocycles. The highest BCUT2D eigenvalue weighted by Gasteiger charge is 2.27. The number of anilines is 1. The number of benzene rings is 3. The van der Waals surface area contributed by atoms with Crippen LogP contribution in [0.3, 0.4) is 0 Å². The zero-order valence-corrected chi connectivity index (χ0v) is 16.8. The number of carbonyl (C=O) groups is 2. The lowest BCUT2D eigenvalue weighted by Gasteiger charge is -2.17. The number of hydrogen-bond acceptors (Lipinski definition) is 4. The second-order valence-corrected chi connectivity index (χ2v) is 6.93. The third-order valence-electron chi connectivity index (χ3n) is 4.85. The fraction of sp³-hybridized carbons (Fsp3) is 0.120. The highest BCUT2D eigenvalue weighted by molar-refractivity contribution is 6.17. The van der Waals surface area contributed by atoms with Gasteiger partial charge in [-0.2, -0.15) is 0 Å². The molecule has 0 radical (unpaired) electrons. The predicted molar refractivity (Wildman–Crippen MR) is 116 cm³/mol. The number of fused-ring (bicyclic) bond motifs is 1. The number of para-hydroxylation sites is 2. The van der Waals surface area contributed by atoms with E-state index in [4.69, 9.17) is 9.15 Å². The van der Waals surface area contributed by atoms with Gasteiger partial charge < -0.3 is 14.5 Å². The van der Waals surface area contributed by atoms with Gasteiger partial charge in [-0.15, -0.1) is 0 Å². The summed E-state index contributed by atoms with van der Waals surface area (Å²) in [4.78, 5) is 26.1. The first-order valence-corrected chi connectivity index (χ1v) is 9.91. The molecule has 0 bridgehead atoms. The second-order valence-electron chi connectivity index (χ2n) is 6.93. The van der Waals surface area contributed by atoms with Crippen molar-refractivity contribution >= 4 is 28.3 Å². The van der Waals surface area contributed by atoms with Crippen LogP contribution in [-0.2, 0) is 4.79 Å². The molecule has 0 saturated carbocycles. The zero-order chi connectivity index (χ0) is 21.8. The second kappa shape index (κ2) is 8.83. The van der Waals surface area contributed by atoms with Gasteiger partial charge in [-0.25, -0.2) is 4.39 Å². The molecule has 0 aliphatic rings. The van der Waals surface area contributed by atoms with Gasteiger partial charge in [0.15, 0.2) is 23.4 Å². The Hall–Kier alpha value is -3.93. The highest BCUT2D eigenvalue weighted by atomic mass is 19.1. The molecule has 156 valence electrons. The normalized spacial score (nSPS) is 11.8. The van der Waals surface area contributed by atoms with Crippen LogP contribution in [0.4, 0.5) is 10.1 Å². The molecule has 0 aliphatic carbocycles. The van der Waals surface area contributed by atoms with E-state index in [1.165, 1.54) is 12.1 Å². The van der Waals surface area contributed by atoms with E-state index >= 15 is 0 Å². The first kappa shape index (κ1) is 20.3. The van der Waals surface area contributed by atoms with Crippen LogP contribution in [0.2, 0.25) is 0 Å². The summed E-state index contributed by atoms with van der Waals surface area (Å²) in [7, 11) is 0. The van der Waals surface area contributed by atoms with E-state index in [1.807, 2.05) is 6.07 Å². The minimum absolute atomic E-state index is 0.0119. The largest absolute Gasteiger partial charge is 0.478 e. The van der Waals surface area contributed by atoms with Gasteiger partial charge in [0.05, 0.1) is 5.69 Å². The lowest BCUT2D eigenvalue weighted by molar-refractivity contribution is -0.122. The van der Waals surface area contributed by atoms with Crippen molar-refractivity contribution in [1.82, 2.24) is 0 Å². The van der Waals surface area contributed by atoms with Crippen molar-refractivity contribution in [2.75, 3.05) is 5.32 Å². The molecule has 1 heterocycles. The smallest absolute Gasteiger partial charge is 0.265 e. The van der Waals surface area contributed by atoms with E-state index in [1.54, 1.807) is 67.6 Å². The van der Waals surface area contributed by atoms with Crippen molar-refractivity contribution in [3.8, 4) is 5.75 Å². The highest BCUT2D eigenvalue weighted by Crippen LogP contribution is 2.33. The topological polar surface area (TPSA) is 68.5 Å². The summed E-state index contributed by atoms with van der Waals surface area (Å²) in [6.07, 6.45) is -0.650. The van der Waals surface area contributed by atoms with Crippen LogP contribution in [0.15, 0.2) is 83.3 Å². The molecule has 4 rings (SSSR count). The molecular weight excluding hydrogens is 397 g/mol. The molecule has 0 spiro atoms. The molecule has 1 amide bonds. The van der Waals surface area contributed by atoms with Crippen molar-refractivity contribution < 1.29 is 23.1 Å². The molecule has 0 aliphatic heterocycles. The fourth-order valence-electron chi connectivity index (χ4n) is 3.27. The minimum atomic E-state index is -0.953. The van der Waals surface area contributed by atoms with Crippen molar-refractivity contribution in [3.05, 3.63) is 96.0 Å². The summed E-state index contributed by atoms with van der Waals surface area (Å²) in [6, 6.07) is 21.6. The molecule has 31 heavy (non-hydrogen) atoms. The summed E-state index contributed by atoms with van der Waals surface area (Å²) < 4.78 is 25.4. The standard InChI is InChI=1S/C25H20FNO4/c1-2-19(30-21-15-9-7-13-18(21)26)25(29)27-22-17-12-6-8-14-20(17)31-24(22)23(28)16-10-4-3-5-11-16/h3-15,19H,2H2,1H3,(H,27,29)/t19-/m0/s1. The summed E-state index contributed by atoms with van der Waals surface area (Å²) >= 11 is 0. The molecule has 5 nitrogen and oxygen atoms in total. The van der Waals surface area contributed by atoms with Crippen LogP contribution in [0, 0.1) is 5.82 Å². The van der Waals surface area contributed by atoms with Gasteiger partial charge in [0.1, 0.15) is 5.58 Å². The van der Waals surface area contributed by atoms with Gasteiger partial charge >= 0.3 is 0 Å². The first-order valence-electron chi connectivity index (χ1n) is 9.91. The summed E-state index contributed by atoms with van der Waals surface area (Å²) in [5.74, 6) is -1.39. The van der Waals surface area contributed by atoms with E-state index in [2.05, 4.69) is 5.32 Å². The third-order valence-corrected chi connectivity index (χ3v) is 4.85. The van der Waals surface area contributed by atoms with Crippen LogP contribution < -0.4 is 10.1 Å². The maximum Gasteiger partial charge on any atom is 0.265 e. The van der Waals surface area contributed by atoms with Crippen molar-refractivity contribution in [1.29, 1.82) is 0 Å². The van der Waals surface area contributed by atoms with E-state index in [9.17, 15) is 14.0 Å². The molecule has 1 aromatic heterocycles. The molecular formula is C25H20FNO4. The van der Waals surface area contributed by atoms with Crippen LogP contribution in [0.5, 0.6) is 5.75 Å².